The first-order valence-corrected chi connectivity index (χ1v) is 7.85. The molecule has 0 fully saturated rings. The molecule has 2 aromatic heterocycles. The smallest absolute Gasteiger partial charge is 0.252 e. The lowest BCUT2D eigenvalue weighted by atomic mass is 10.0. The summed E-state index contributed by atoms with van der Waals surface area (Å²) in [5.74, 6) is -0.119. The van der Waals surface area contributed by atoms with E-state index in [0.29, 0.717) is 17.1 Å². The fraction of sp³-hybridized carbons (Fsp3) is 0.167. The van der Waals surface area contributed by atoms with Crippen LogP contribution in [0.25, 0.3) is 22.2 Å². The van der Waals surface area contributed by atoms with Gasteiger partial charge in [0.15, 0.2) is 0 Å². The van der Waals surface area contributed by atoms with Crippen LogP contribution in [0.3, 0.4) is 0 Å². The highest BCUT2D eigenvalue weighted by Gasteiger charge is 2.14. The first-order chi connectivity index (χ1) is 11.2. The van der Waals surface area contributed by atoms with Crippen LogP contribution in [0.5, 0.6) is 0 Å². The quantitative estimate of drug-likeness (QED) is 0.786. The molecule has 1 N–H and O–H groups in total. The van der Waals surface area contributed by atoms with Crippen molar-refractivity contribution < 1.29 is 4.79 Å². The molecule has 5 heteroatoms. The van der Waals surface area contributed by atoms with E-state index < -0.39 is 0 Å². The summed E-state index contributed by atoms with van der Waals surface area (Å²) in [5.41, 5.74) is 2.89. The van der Waals surface area contributed by atoms with Gasteiger partial charge in [-0.05, 0) is 42.8 Å². The first-order valence-electron chi connectivity index (χ1n) is 7.48. The molecule has 0 aliphatic heterocycles. The van der Waals surface area contributed by atoms with E-state index in [9.17, 15) is 4.79 Å². The Kier molecular flexibility index (Phi) is 4.53. The van der Waals surface area contributed by atoms with Gasteiger partial charge in [-0.2, -0.15) is 0 Å². The number of hydrogen-bond acceptors (Lipinski definition) is 3. The summed E-state index contributed by atoms with van der Waals surface area (Å²) < 4.78 is 0. The highest BCUT2D eigenvalue weighted by Crippen LogP contribution is 2.26. The van der Waals surface area contributed by atoms with E-state index in [1.165, 1.54) is 0 Å². The number of aromatic nitrogens is 2. The van der Waals surface area contributed by atoms with Gasteiger partial charge in [-0.15, -0.1) is 0 Å². The molecule has 0 spiro atoms. The van der Waals surface area contributed by atoms with Gasteiger partial charge in [0.25, 0.3) is 5.91 Å². The molecule has 0 aliphatic carbocycles. The summed E-state index contributed by atoms with van der Waals surface area (Å²) in [6.45, 7) is 2.65. The van der Waals surface area contributed by atoms with Gasteiger partial charge in [-0.25, -0.2) is 4.98 Å². The fourth-order valence-electron chi connectivity index (χ4n) is 2.38. The Hall–Kier alpha value is -2.46. The van der Waals surface area contributed by atoms with Crippen molar-refractivity contribution in [1.29, 1.82) is 0 Å². The van der Waals surface area contributed by atoms with Crippen LogP contribution in [0.2, 0.25) is 5.02 Å². The van der Waals surface area contributed by atoms with Crippen molar-refractivity contribution in [2.75, 3.05) is 6.54 Å². The third-order valence-electron chi connectivity index (χ3n) is 3.51. The van der Waals surface area contributed by atoms with Crippen LogP contribution in [-0.2, 0) is 0 Å². The van der Waals surface area contributed by atoms with Crippen molar-refractivity contribution in [2.24, 2.45) is 0 Å². The Balaban J connectivity index is 2.18. The molecular weight excluding hydrogens is 310 g/mol. The van der Waals surface area contributed by atoms with Gasteiger partial charge in [0.2, 0.25) is 0 Å². The molecule has 0 aliphatic rings. The third-order valence-corrected chi connectivity index (χ3v) is 3.74. The molecule has 4 nitrogen and oxygen atoms in total. The summed E-state index contributed by atoms with van der Waals surface area (Å²) in [6.07, 6.45) is 4.32. The first kappa shape index (κ1) is 15.4. The maximum atomic E-state index is 12.5. The molecule has 0 radical (unpaired) electrons. The number of nitrogens with one attached hydrogen (secondary N) is 1. The van der Waals surface area contributed by atoms with E-state index >= 15 is 0 Å². The van der Waals surface area contributed by atoms with E-state index in [2.05, 4.69) is 15.3 Å². The molecule has 0 atom stereocenters. The van der Waals surface area contributed by atoms with Crippen molar-refractivity contribution >= 4 is 28.4 Å². The minimum atomic E-state index is -0.119. The zero-order valence-corrected chi connectivity index (χ0v) is 13.5. The Bertz CT molecular complexity index is 850. The van der Waals surface area contributed by atoms with Crippen molar-refractivity contribution in [2.45, 2.75) is 13.3 Å². The predicted molar refractivity (Wildman–Crippen MR) is 92.6 cm³/mol. The van der Waals surface area contributed by atoms with Gasteiger partial charge in [-0.3, -0.25) is 9.78 Å². The van der Waals surface area contributed by atoms with E-state index in [1.807, 2.05) is 25.1 Å². The second kappa shape index (κ2) is 6.75. The largest absolute Gasteiger partial charge is 0.352 e. The van der Waals surface area contributed by atoms with Gasteiger partial charge in [0.05, 0.1) is 16.8 Å². The van der Waals surface area contributed by atoms with E-state index in [0.717, 1.165) is 28.6 Å². The van der Waals surface area contributed by atoms with Crippen LogP contribution in [-0.4, -0.2) is 22.4 Å². The molecule has 0 bridgehead atoms. The Morgan fingerprint density at radius 2 is 2.13 bits per heavy atom. The molecular formula is C18H16ClN3O. The van der Waals surface area contributed by atoms with Gasteiger partial charge in [0.1, 0.15) is 0 Å². The Morgan fingerprint density at radius 1 is 1.26 bits per heavy atom. The van der Waals surface area contributed by atoms with Crippen molar-refractivity contribution in [3.8, 4) is 11.3 Å². The van der Waals surface area contributed by atoms with Gasteiger partial charge >= 0.3 is 0 Å². The number of carbonyl (C=O) groups is 1. The van der Waals surface area contributed by atoms with Gasteiger partial charge < -0.3 is 5.32 Å². The molecule has 0 saturated heterocycles. The lowest BCUT2D eigenvalue weighted by Crippen LogP contribution is -2.24. The fourth-order valence-corrected chi connectivity index (χ4v) is 2.55. The van der Waals surface area contributed by atoms with Crippen molar-refractivity contribution in [3.63, 3.8) is 0 Å². The highest BCUT2D eigenvalue weighted by molar-refractivity contribution is 6.31. The summed E-state index contributed by atoms with van der Waals surface area (Å²) in [7, 11) is 0. The zero-order chi connectivity index (χ0) is 16.2. The topological polar surface area (TPSA) is 54.9 Å². The maximum Gasteiger partial charge on any atom is 0.252 e. The molecule has 116 valence electrons. The molecule has 2 heterocycles. The van der Waals surface area contributed by atoms with Crippen molar-refractivity contribution in [3.05, 3.63) is 59.4 Å². The number of nitrogens with zero attached hydrogens (tertiary/aromatic N) is 2. The maximum absolute atomic E-state index is 12.5. The second-order valence-corrected chi connectivity index (χ2v) is 5.65. The van der Waals surface area contributed by atoms with E-state index in [1.54, 1.807) is 30.6 Å². The molecule has 1 amide bonds. The molecule has 23 heavy (non-hydrogen) atoms. The minimum absolute atomic E-state index is 0.119. The van der Waals surface area contributed by atoms with Gasteiger partial charge in [-0.1, -0.05) is 18.5 Å². The van der Waals surface area contributed by atoms with E-state index in [-0.39, 0.29) is 5.91 Å². The minimum Gasteiger partial charge on any atom is -0.352 e. The van der Waals surface area contributed by atoms with Crippen LogP contribution < -0.4 is 5.32 Å². The third kappa shape index (κ3) is 3.32. The number of hydrogen-bond donors (Lipinski definition) is 1. The average molecular weight is 326 g/mol. The second-order valence-electron chi connectivity index (χ2n) is 5.21. The zero-order valence-electron chi connectivity index (χ0n) is 12.7. The van der Waals surface area contributed by atoms with Crippen LogP contribution in [0.15, 0.2) is 48.8 Å². The average Bonchev–Trinajstić information content (AvgIpc) is 2.59. The molecule has 0 saturated carbocycles. The van der Waals surface area contributed by atoms with Gasteiger partial charge in [0, 0.05) is 34.9 Å². The normalized spacial score (nSPS) is 10.7. The van der Waals surface area contributed by atoms with Crippen LogP contribution in [0, 0.1) is 0 Å². The lowest BCUT2D eigenvalue weighted by Gasteiger charge is -2.10. The number of rotatable bonds is 4. The number of amides is 1. The molecule has 0 unspecified atom stereocenters. The van der Waals surface area contributed by atoms with E-state index in [4.69, 9.17) is 11.6 Å². The van der Waals surface area contributed by atoms with Crippen LogP contribution >= 0.6 is 11.6 Å². The number of pyridine rings is 2. The highest BCUT2D eigenvalue weighted by atomic mass is 35.5. The number of carbonyl (C=O) groups excluding carboxylic acids is 1. The predicted octanol–water partition coefficient (Wildman–Crippen LogP) is 4.09. The summed E-state index contributed by atoms with van der Waals surface area (Å²) in [5, 5.41) is 4.24. The Morgan fingerprint density at radius 3 is 2.87 bits per heavy atom. The molecule has 3 rings (SSSR count). The van der Waals surface area contributed by atoms with Crippen LogP contribution in [0.4, 0.5) is 0 Å². The Labute approximate surface area is 139 Å². The number of benzene rings is 1. The SMILES string of the molecule is CCCNC(=O)c1cc(-c2cccnc2)nc2ccc(Cl)cc12. The van der Waals surface area contributed by atoms with Crippen LogP contribution in [0.1, 0.15) is 23.7 Å². The summed E-state index contributed by atoms with van der Waals surface area (Å²) in [6, 6.07) is 10.9. The molecule has 1 aromatic carbocycles. The van der Waals surface area contributed by atoms with Crippen molar-refractivity contribution in [1.82, 2.24) is 15.3 Å². The molecule has 3 aromatic rings. The number of fused-ring (bicyclic) bond motifs is 1. The summed E-state index contributed by atoms with van der Waals surface area (Å²) >= 11 is 6.09. The lowest BCUT2D eigenvalue weighted by molar-refractivity contribution is 0.0955. The standard InChI is InChI=1S/C18H16ClN3O/c1-2-7-21-18(23)15-10-17(12-4-3-8-20-11-12)22-16-6-5-13(19)9-14(15)16/h3-6,8-11H,2,7H2,1H3,(H,21,23). The number of halogens is 1. The summed E-state index contributed by atoms with van der Waals surface area (Å²) in [4.78, 5) is 21.3. The monoisotopic (exact) mass is 325 g/mol.